The van der Waals surface area contributed by atoms with Crippen molar-refractivity contribution >= 4 is 39.6 Å². The van der Waals surface area contributed by atoms with Gasteiger partial charge in [-0.15, -0.1) is 11.3 Å². The molecule has 0 saturated carbocycles. The van der Waals surface area contributed by atoms with Crippen molar-refractivity contribution in [2.75, 3.05) is 10.6 Å². The topological polar surface area (TPSA) is 59.0 Å². The Morgan fingerprint density at radius 1 is 1.08 bits per heavy atom. The summed E-state index contributed by atoms with van der Waals surface area (Å²) in [7, 11) is 2.00. The lowest BCUT2D eigenvalue weighted by molar-refractivity contribution is 0.262. The van der Waals surface area contributed by atoms with E-state index in [4.69, 9.17) is 0 Å². The zero-order valence-corrected chi connectivity index (χ0v) is 15.3. The summed E-state index contributed by atoms with van der Waals surface area (Å²) in [6.45, 7) is 1.98. The van der Waals surface area contributed by atoms with Crippen LogP contribution in [0.15, 0.2) is 60.9 Å². The van der Waals surface area contributed by atoms with E-state index in [2.05, 4.69) is 15.6 Å². The van der Waals surface area contributed by atoms with Gasteiger partial charge in [-0.2, -0.15) is 0 Å². The highest BCUT2D eigenvalue weighted by Crippen LogP contribution is 2.28. The van der Waals surface area contributed by atoms with Crippen molar-refractivity contribution in [3.05, 3.63) is 65.9 Å². The van der Waals surface area contributed by atoms with Crippen LogP contribution in [0.4, 0.5) is 16.2 Å². The summed E-state index contributed by atoms with van der Waals surface area (Å²) in [6.07, 6.45) is 3.86. The average Bonchev–Trinajstić information content (AvgIpc) is 3.21. The number of aryl methyl sites for hydroxylation is 2. The predicted octanol–water partition coefficient (Wildman–Crippen LogP) is 5.25. The number of fused-ring (bicyclic) bond motifs is 1. The van der Waals surface area contributed by atoms with Crippen molar-refractivity contribution in [3.63, 3.8) is 0 Å². The molecule has 2 aromatic heterocycles. The van der Waals surface area contributed by atoms with Gasteiger partial charge in [0, 0.05) is 41.7 Å². The number of amides is 2. The van der Waals surface area contributed by atoms with Gasteiger partial charge < -0.3 is 15.2 Å². The number of rotatable bonds is 3. The minimum atomic E-state index is -0.266. The highest BCUT2D eigenvalue weighted by Gasteiger charge is 2.07. The lowest BCUT2D eigenvalue weighted by Gasteiger charge is -2.09. The number of carbonyl (C=O) groups excluding carboxylic acids is 1. The summed E-state index contributed by atoms with van der Waals surface area (Å²) in [4.78, 5) is 17.7. The molecule has 0 fully saturated rings. The maximum atomic E-state index is 12.3. The highest BCUT2D eigenvalue weighted by atomic mass is 32.1. The monoisotopic (exact) mass is 362 g/mol. The van der Waals surface area contributed by atoms with Crippen LogP contribution in [0.2, 0.25) is 0 Å². The number of urea groups is 1. The van der Waals surface area contributed by atoms with Crippen molar-refractivity contribution in [3.8, 4) is 10.4 Å². The van der Waals surface area contributed by atoms with Gasteiger partial charge in [0.2, 0.25) is 0 Å². The van der Waals surface area contributed by atoms with Gasteiger partial charge in [-0.25, -0.2) is 9.78 Å². The van der Waals surface area contributed by atoms with E-state index in [1.54, 1.807) is 11.3 Å². The number of thiazole rings is 1. The molecule has 2 aromatic carbocycles. The number of anilines is 2. The molecule has 0 atom stereocenters. The maximum Gasteiger partial charge on any atom is 0.323 e. The molecule has 2 N–H and O–H groups in total. The van der Waals surface area contributed by atoms with E-state index >= 15 is 0 Å². The molecule has 0 aliphatic carbocycles. The summed E-state index contributed by atoms with van der Waals surface area (Å²) in [5, 5.41) is 7.89. The third kappa shape index (κ3) is 3.32. The average molecular weight is 362 g/mol. The molecule has 26 heavy (non-hydrogen) atoms. The first-order chi connectivity index (χ1) is 12.6. The summed E-state index contributed by atoms with van der Waals surface area (Å²) in [5.41, 5.74) is 3.67. The second-order valence-electron chi connectivity index (χ2n) is 6.10. The fourth-order valence-corrected chi connectivity index (χ4v) is 3.67. The molecule has 0 bridgehead atoms. The van der Waals surface area contributed by atoms with E-state index in [1.807, 2.05) is 79.5 Å². The van der Waals surface area contributed by atoms with Gasteiger partial charge >= 0.3 is 6.03 Å². The first-order valence-electron chi connectivity index (χ1n) is 8.24. The van der Waals surface area contributed by atoms with E-state index in [-0.39, 0.29) is 6.03 Å². The second-order valence-corrected chi connectivity index (χ2v) is 7.34. The molecule has 0 saturated heterocycles. The van der Waals surface area contributed by atoms with Crippen molar-refractivity contribution in [2.45, 2.75) is 6.92 Å². The molecule has 5 nitrogen and oxygen atoms in total. The summed E-state index contributed by atoms with van der Waals surface area (Å²) < 4.78 is 2.05. The zero-order valence-electron chi connectivity index (χ0n) is 14.5. The standard InChI is InChI=1S/C20H18N4OS/c1-13-21-12-19(26-13)15-4-3-5-16(11-15)22-20(25)23-17-6-7-18-14(10-17)8-9-24(18)2/h3-12H,1-2H3,(H2,22,23,25). The van der Waals surface area contributed by atoms with E-state index < -0.39 is 0 Å². The van der Waals surface area contributed by atoms with Crippen LogP contribution < -0.4 is 10.6 Å². The highest BCUT2D eigenvalue weighted by molar-refractivity contribution is 7.15. The van der Waals surface area contributed by atoms with Crippen LogP contribution in [0.5, 0.6) is 0 Å². The molecule has 0 unspecified atom stereocenters. The van der Waals surface area contributed by atoms with E-state index in [0.717, 1.165) is 37.7 Å². The number of hydrogen-bond acceptors (Lipinski definition) is 3. The van der Waals surface area contributed by atoms with Gasteiger partial charge in [0.05, 0.1) is 9.88 Å². The number of benzene rings is 2. The Bertz CT molecular complexity index is 1100. The third-order valence-corrected chi connectivity index (χ3v) is 5.13. The molecule has 2 heterocycles. The molecule has 130 valence electrons. The van der Waals surface area contributed by atoms with Crippen LogP contribution >= 0.6 is 11.3 Å². The first kappa shape index (κ1) is 16.4. The molecule has 4 aromatic rings. The van der Waals surface area contributed by atoms with Gasteiger partial charge in [0.1, 0.15) is 0 Å². The Morgan fingerprint density at radius 2 is 1.88 bits per heavy atom. The lowest BCUT2D eigenvalue weighted by atomic mass is 10.2. The largest absolute Gasteiger partial charge is 0.351 e. The third-order valence-electron chi connectivity index (χ3n) is 4.17. The fourth-order valence-electron chi connectivity index (χ4n) is 2.90. The smallest absolute Gasteiger partial charge is 0.323 e. The Morgan fingerprint density at radius 3 is 2.65 bits per heavy atom. The normalized spacial score (nSPS) is 10.8. The Labute approximate surface area is 155 Å². The molecular formula is C20H18N4OS. The van der Waals surface area contributed by atoms with Crippen molar-refractivity contribution in [2.24, 2.45) is 7.05 Å². The van der Waals surface area contributed by atoms with E-state index in [9.17, 15) is 4.79 Å². The van der Waals surface area contributed by atoms with Crippen LogP contribution in [0.3, 0.4) is 0 Å². The Balaban J connectivity index is 1.49. The molecule has 6 heteroatoms. The molecule has 2 amide bonds. The molecule has 0 radical (unpaired) electrons. The van der Waals surface area contributed by atoms with Crippen LogP contribution in [-0.2, 0) is 7.05 Å². The predicted molar refractivity (Wildman–Crippen MR) is 108 cm³/mol. The number of nitrogens with zero attached hydrogens (tertiary/aromatic N) is 2. The Kier molecular flexibility index (Phi) is 4.18. The SMILES string of the molecule is Cc1ncc(-c2cccc(NC(=O)Nc3ccc4c(ccn4C)c3)c2)s1. The molecule has 0 aliphatic rings. The van der Waals surface area contributed by atoms with Crippen LogP contribution in [0.25, 0.3) is 21.3 Å². The molecule has 0 spiro atoms. The van der Waals surface area contributed by atoms with Gasteiger partial charge in [0.25, 0.3) is 0 Å². The summed E-state index contributed by atoms with van der Waals surface area (Å²) in [6, 6.07) is 15.4. The second kappa shape index (κ2) is 6.65. The van der Waals surface area contributed by atoms with Gasteiger partial charge in [-0.05, 0) is 48.9 Å². The van der Waals surface area contributed by atoms with Gasteiger partial charge in [-0.3, -0.25) is 0 Å². The number of hydrogen-bond donors (Lipinski definition) is 2. The van der Waals surface area contributed by atoms with Crippen molar-refractivity contribution in [1.29, 1.82) is 0 Å². The van der Waals surface area contributed by atoms with Gasteiger partial charge in [0.15, 0.2) is 0 Å². The Hall–Kier alpha value is -3.12. The van der Waals surface area contributed by atoms with Crippen LogP contribution in [0, 0.1) is 6.92 Å². The number of aromatic nitrogens is 2. The fraction of sp³-hybridized carbons (Fsp3) is 0.100. The first-order valence-corrected chi connectivity index (χ1v) is 9.06. The van der Waals surface area contributed by atoms with Crippen LogP contribution in [-0.4, -0.2) is 15.6 Å². The van der Waals surface area contributed by atoms with Crippen molar-refractivity contribution in [1.82, 2.24) is 9.55 Å². The molecular weight excluding hydrogens is 344 g/mol. The lowest BCUT2D eigenvalue weighted by Crippen LogP contribution is -2.19. The minimum absolute atomic E-state index is 0.266. The maximum absolute atomic E-state index is 12.3. The minimum Gasteiger partial charge on any atom is -0.351 e. The summed E-state index contributed by atoms with van der Waals surface area (Å²) in [5.74, 6) is 0. The van der Waals surface area contributed by atoms with E-state index in [0.29, 0.717) is 0 Å². The molecule has 0 aliphatic heterocycles. The molecule has 4 rings (SSSR count). The summed E-state index contributed by atoms with van der Waals surface area (Å²) >= 11 is 1.63. The van der Waals surface area contributed by atoms with Crippen LogP contribution in [0.1, 0.15) is 5.01 Å². The van der Waals surface area contributed by atoms with Crippen molar-refractivity contribution < 1.29 is 4.79 Å². The zero-order chi connectivity index (χ0) is 18.1. The van der Waals surface area contributed by atoms with E-state index in [1.165, 1.54) is 0 Å². The number of nitrogens with one attached hydrogen (secondary N) is 2. The number of carbonyl (C=O) groups is 1. The quantitative estimate of drug-likeness (QED) is 0.523. The van der Waals surface area contributed by atoms with Gasteiger partial charge in [-0.1, -0.05) is 12.1 Å².